The number of phenolic OH excluding ortho intramolecular Hbond substituents is 1. The summed E-state index contributed by atoms with van der Waals surface area (Å²) < 4.78 is 0. The fourth-order valence-corrected chi connectivity index (χ4v) is 2.34. The lowest BCUT2D eigenvalue weighted by Gasteiger charge is -2.33. The molecule has 0 saturated carbocycles. The van der Waals surface area contributed by atoms with Gasteiger partial charge in [-0.15, -0.1) is 0 Å². The number of benzene rings is 1. The largest absolute Gasteiger partial charge is 0.508 e. The molecule has 5 nitrogen and oxygen atoms in total. The van der Waals surface area contributed by atoms with Crippen LogP contribution >= 0.6 is 0 Å². The molecular formula is C14H17NO4. The number of piperidine rings is 1. The number of aryl methyl sites for hydroxylation is 1. The van der Waals surface area contributed by atoms with Crippen molar-refractivity contribution in [3.05, 3.63) is 29.3 Å². The van der Waals surface area contributed by atoms with Gasteiger partial charge in [-0.2, -0.15) is 0 Å². The number of carbonyl (C=O) groups excluding carboxylic acids is 1. The molecule has 0 aromatic heterocycles. The minimum atomic E-state index is -0.968. The van der Waals surface area contributed by atoms with Gasteiger partial charge in [0.2, 0.25) is 0 Å². The normalized spacial score (nSPS) is 19.2. The summed E-state index contributed by atoms with van der Waals surface area (Å²) in [5, 5.41) is 18.8. The van der Waals surface area contributed by atoms with Crippen LogP contribution in [0.4, 0.5) is 0 Å². The summed E-state index contributed by atoms with van der Waals surface area (Å²) in [6.07, 6.45) is 2.12. The molecule has 2 rings (SSSR count). The van der Waals surface area contributed by atoms with Gasteiger partial charge in [0.25, 0.3) is 5.91 Å². The number of aliphatic carboxylic acids is 1. The standard InChI is InChI=1S/C14H17NO4/c1-9-5-6-10(8-12(9)16)13(17)15-7-3-2-4-11(15)14(18)19/h5-6,8,11,16H,2-4,7H2,1H3,(H,18,19)/t11-/m1/s1. The molecule has 0 unspecified atom stereocenters. The van der Waals surface area contributed by atoms with Crippen LogP contribution in [0.3, 0.4) is 0 Å². The fourth-order valence-electron chi connectivity index (χ4n) is 2.34. The van der Waals surface area contributed by atoms with Gasteiger partial charge in [-0.05, 0) is 43.9 Å². The highest BCUT2D eigenvalue weighted by atomic mass is 16.4. The van der Waals surface area contributed by atoms with Crippen molar-refractivity contribution in [3.8, 4) is 5.75 Å². The Balaban J connectivity index is 2.26. The molecule has 1 aromatic carbocycles. The van der Waals surface area contributed by atoms with Crippen molar-refractivity contribution in [1.29, 1.82) is 0 Å². The molecular weight excluding hydrogens is 246 g/mol. The van der Waals surface area contributed by atoms with Gasteiger partial charge in [0.05, 0.1) is 0 Å². The first-order valence-electron chi connectivity index (χ1n) is 6.34. The molecule has 0 bridgehead atoms. The number of carboxylic acid groups (broad SMARTS) is 1. The van der Waals surface area contributed by atoms with E-state index in [1.54, 1.807) is 19.1 Å². The second-order valence-corrected chi connectivity index (χ2v) is 4.85. The van der Waals surface area contributed by atoms with Crippen LogP contribution in [0.5, 0.6) is 5.75 Å². The topological polar surface area (TPSA) is 77.8 Å². The number of amides is 1. The summed E-state index contributed by atoms with van der Waals surface area (Å²) in [5.41, 5.74) is 1.02. The fraction of sp³-hybridized carbons (Fsp3) is 0.429. The smallest absolute Gasteiger partial charge is 0.326 e. The minimum Gasteiger partial charge on any atom is -0.508 e. The van der Waals surface area contributed by atoms with Crippen LogP contribution < -0.4 is 0 Å². The van der Waals surface area contributed by atoms with Crippen molar-refractivity contribution < 1.29 is 19.8 Å². The molecule has 1 aromatic rings. The molecule has 1 fully saturated rings. The number of carbonyl (C=O) groups is 2. The summed E-state index contributed by atoms with van der Waals surface area (Å²) >= 11 is 0. The molecule has 102 valence electrons. The maximum atomic E-state index is 12.3. The number of rotatable bonds is 2. The molecule has 19 heavy (non-hydrogen) atoms. The highest BCUT2D eigenvalue weighted by molar-refractivity contribution is 5.97. The zero-order valence-corrected chi connectivity index (χ0v) is 10.8. The van der Waals surface area contributed by atoms with Gasteiger partial charge < -0.3 is 15.1 Å². The molecule has 2 N–H and O–H groups in total. The molecule has 5 heteroatoms. The van der Waals surface area contributed by atoms with Gasteiger partial charge >= 0.3 is 5.97 Å². The van der Waals surface area contributed by atoms with Gasteiger partial charge in [-0.1, -0.05) is 6.07 Å². The third-order valence-corrected chi connectivity index (χ3v) is 3.50. The lowest BCUT2D eigenvalue weighted by molar-refractivity contribution is -0.143. The number of phenols is 1. The summed E-state index contributed by atoms with van der Waals surface area (Å²) in [4.78, 5) is 24.9. The molecule has 1 aliphatic heterocycles. The van der Waals surface area contributed by atoms with Crippen molar-refractivity contribution in [2.24, 2.45) is 0 Å². The zero-order chi connectivity index (χ0) is 14.0. The molecule has 1 aliphatic rings. The minimum absolute atomic E-state index is 0.0507. The van der Waals surface area contributed by atoms with Gasteiger partial charge in [0.1, 0.15) is 11.8 Å². The SMILES string of the molecule is Cc1ccc(C(=O)N2CCCC[C@@H]2C(=O)O)cc1O. The third-order valence-electron chi connectivity index (χ3n) is 3.50. The van der Waals surface area contributed by atoms with Crippen molar-refractivity contribution in [1.82, 2.24) is 4.90 Å². The van der Waals surface area contributed by atoms with Crippen LogP contribution in [-0.2, 0) is 4.79 Å². The van der Waals surface area contributed by atoms with E-state index in [1.165, 1.54) is 11.0 Å². The maximum absolute atomic E-state index is 12.3. The Morgan fingerprint density at radius 3 is 2.68 bits per heavy atom. The summed E-state index contributed by atoms with van der Waals surface area (Å²) in [6, 6.07) is 3.91. The summed E-state index contributed by atoms with van der Waals surface area (Å²) in [5.74, 6) is -1.25. The van der Waals surface area contributed by atoms with Crippen LogP contribution in [0.25, 0.3) is 0 Å². The van der Waals surface area contributed by atoms with Crippen molar-refractivity contribution >= 4 is 11.9 Å². The predicted molar refractivity (Wildman–Crippen MR) is 69.2 cm³/mol. The summed E-state index contributed by atoms with van der Waals surface area (Å²) in [6.45, 7) is 2.19. The predicted octanol–water partition coefficient (Wildman–Crippen LogP) is 1.78. The van der Waals surface area contributed by atoms with Gasteiger partial charge in [0, 0.05) is 12.1 Å². The molecule has 0 radical (unpaired) electrons. The average Bonchev–Trinajstić information content (AvgIpc) is 2.41. The number of likely N-dealkylation sites (tertiary alicyclic amines) is 1. The Kier molecular flexibility index (Phi) is 3.74. The van der Waals surface area contributed by atoms with E-state index in [1.807, 2.05) is 0 Å². The number of hydrogen-bond donors (Lipinski definition) is 2. The highest BCUT2D eigenvalue weighted by Gasteiger charge is 2.32. The zero-order valence-electron chi connectivity index (χ0n) is 10.8. The van der Waals surface area contributed by atoms with Crippen LogP contribution in [0.2, 0.25) is 0 Å². The van der Waals surface area contributed by atoms with E-state index in [-0.39, 0.29) is 11.7 Å². The number of hydrogen-bond acceptors (Lipinski definition) is 3. The van der Waals surface area contributed by atoms with Crippen molar-refractivity contribution in [3.63, 3.8) is 0 Å². The first kappa shape index (κ1) is 13.4. The number of aromatic hydroxyl groups is 1. The third kappa shape index (κ3) is 2.70. The van der Waals surface area contributed by atoms with E-state index < -0.39 is 12.0 Å². The second kappa shape index (κ2) is 5.30. The molecule has 1 saturated heterocycles. The Morgan fingerprint density at radius 2 is 2.05 bits per heavy atom. The maximum Gasteiger partial charge on any atom is 0.326 e. The first-order valence-corrected chi connectivity index (χ1v) is 6.34. The number of nitrogens with zero attached hydrogens (tertiary/aromatic N) is 1. The van der Waals surface area contributed by atoms with Gasteiger partial charge in [0.15, 0.2) is 0 Å². The number of carboxylic acids is 1. The molecule has 1 amide bonds. The molecule has 0 spiro atoms. The van der Waals surface area contributed by atoms with Crippen molar-refractivity contribution in [2.45, 2.75) is 32.2 Å². The van der Waals surface area contributed by atoms with Crippen LogP contribution in [0.1, 0.15) is 35.2 Å². The van der Waals surface area contributed by atoms with E-state index in [2.05, 4.69) is 0 Å². The van der Waals surface area contributed by atoms with E-state index in [0.29, 0.717) is 24.1 Å². The van der Waals surface area contributed by atoms with Crippen molar-refractivity contribution in [2.75, 3.05) is 6.54 Å². The Morgan fingerprint density at radius 1 is 1.32 bits per heavy atom. The van der Waals surface area contributed by atoms with Gasteiger partial charge in [-0.3, -0.25) is 4.79 Å². The van der Waals surface area contributed by atoms with E-state index >= 15 is 0 Å². The monoisotopic (exact) mass is 263 g/mol. The van der Waals surface area contributed by atoms with Gasteiger partial charge in [-0.25, -0.2) is 4.79 Å². The van der Waals surface area contributed by atoms with Crippen LogP contribution in [0.15, 0.2) is 18.2 Å². The van der Waals surface area contributed by atoms with Crippen LogP contribution in [-0.4, -0.2) is 39.6 Å². The highest BCUT2D eigenvalue weighted by Crippen LogP contribution is 2.23. The molecule has 0 aliphatic carbocycles. The second-order valence-electron chi connectivity index (χ2n) is 4.85. The Hall–Kier alpha value is -2.04. The molecule has 1 atom stereocenters. The van der Waals surface area contributed by atoms with E-state index in [9.17, 15) is 14.7 Å². The first-order chi connectivity index (χ1) is 9.00. The average molecular weight is 263 g/mol. The lowest BCUT2D eigenvalue weighted by atomic mass is 10.0. The van der Waals surface area contributed by atoms with E-state index in [4.69, 9.17) is 5.11 Å². The summed E-state index contributed by atoms with van der Waals surface area (Å²) in [7, 11) is 0. The Labute approximate surface area is 111 Å². The van der Waals surface area contributed by atoms with E-state index in [0.717, 1.165) is 12.8 Å². The van der Waals surface area contributed by atoms with Crippen LogP contribution in [0, 0.1) is 6.92 Å². The Bertz CT molecular complexity index is 512. The molecule has 1 heterocycles. The quantitative estimate of drug-likeness (QED) is 0.852. The lowest BCUT2D eigenvalue weighted by Crippen LogP contribution is -2.47.